The third kappa shape index (κ3) is 2.54. The molecule has 1 aliphatic rings. The molecule has 2 heterocycles. The summed E-state index contributed by atoms with van der Waals surface area (Å²) in [5.41, 5.74) is 3.85. The lowest BCUT2D eigenvalue weighted by Gasteiger charge is -2.27. The zero-order chi connectivity index (χ0) is 13.9. The molecule has 0 spiro atoms. The molecular weight excluding hydrogens is 252 g/mol. The first-order valence-corrected chi connectivity index (χ1v) is 7.18. The molecule has 0 saturated heterocycles. The second-order valence-electron chi connectivity index (χ2n) is 5.15. The highest BCUT2D eigenvalue weighted by Gasteiger charge is 2.22. The topological polar surface area (TPSA) is 54.2 Å². The zero-order valence-corrected chi connectivity index (χ0v) is 12.0. The smallest absolute Gasteiger partial charge is 0.322 e. The highest BCUT2D eigenvalue weighted by molar-refractivity contribution is 5.63. The molecule has 5 heteroatoms. The van der Waals surface area contributed by atoms with Gasteiger partial charge in [-0.15, -0.1) is 5.10 Å². The van der Waals surface area contributed by atoms with Gasteiger partial charge in [0.1, 0.15) is 0 Å². The van der Waals surface area contributed by atoms with E-state index in [-0.39, 0.29) is 0 Å². The van der Waals surface area contributed by atoms with E-state index in [4.69, 9.17) is 4.42 Å². The molecule has 0 atom stereocenters. The van der Waals surface area contributed by atoms with Gasteiger partial charge in [0.05, 0.1) is 6.54 Å². The fourth-order valence-electron chi connectivity index (χ4n) is 2.58. The molecule has 2 aromatic rings. The van der Waals surface area contributed by atoms with Crippen molar-refractivity contribution in [3.05, 3.63) is 35.2 Å². The largest absolute Gasteiger partial charge is 0.406 e. The van der Waals surface area contributed by atoms with E-state index < -0.39 is 0 Å². The summed E-state index contributed by atoms with van der Waals surface area (Å²) in [4.78, 5) is 2.13. The van der Waals surface area contributed by atoms with Gasteiger partial charge in [-0.05, 0) is 37.9 Å². The first kappa shape index (κ1) is 13.1. The van der Waals surface area contributed by atoms with Gasteiger partial charge in [0, 0.05) is 12.2 Å². The summed E-state index contributed by atoms with van der Waals surface area (Å²) in [5, 5.41) is 11.5. The van der Waals surface area contributed by atoms with E-state index in [9.17, 15) is 0 Å². The van der Waals surface area contributed by atoms with Crippen LogP contribution in [-0.2, 0) is 13.0 Å². The lowest BCUT2D eigenvalue weighted by Crippen LogP contribution is -2.24. The van der Waals surface area contributed by atoms with Crippen LogP contribution in [0.3, 0.4) is 0 Å². The molecule has 1 N–H and O–H groups in total. The number of aryl methyl sites for hydroxylation is 2. The Balaban J connectivity index is 1.86. The fourth-order valence-corrected chi connectivity index (χ4v) is 2.58. The number of hydrogen-bond donors (Lipinski definition) is 1. The standard InChI is InChI=1S/C15H20N4O/c1-3-16-10-14-17-18-15(20-14)19-8-4-5-12-9-11(2)6-7-13(12)19/h6-7,9,16H,3-5,8,10H2,1-2H3. The molecule has 0 amide bonds. The minimum atomic E-state index is 0.600. The second-order valence-corrected chi connectivity index (χ2v) is 5.15. The number of fused-ring (bicyclic) bond motifs is 1. The molecule has 0 saturated carbocycles. The summed E-state index contributed by atoms with van der Waals surface area (Å²) >= 11 is 0. The van der Waals surface area contributed by atoms with E-state index in [0.717, 1.165) is 25.9 Å². The Kier molecular flexibility index (Phi) is 3.69. The summed E-state index contributed by atoms with van der Waals surface area (Å²) < 4.78 is 5.75. The summed E-state index contributed by atoms with van der Waals surface area (Å²) in [6.45, 7) is 6.63. The lowest BCUT2D eigenvalue weighted by atomic mass is 10.00. The lowest BCUT2D eigenvalue weighted by molar-refractivity contribution is 0.470. The van der Waals surface area contributed by atoms with E-state index >= 15 is 0 Å². The van der Waals surface area contributed by atoms with Crippen molar-refractivity contribution in [1.29, 1.82) is 0 Å². The van der Waals surface area contributed by atoms with Crippen molar-refractivity contribution in [2.75, 3.05) is 18.0 Å². The Morgan fingerprint density at radius 2 is 2.25 bits per heavy atom. The van der Waals surface area contributed by atoms with Crippen LogP contribution in [0.2, 0.25) is 0 Å². The van der Waals surface area contributed by atoms with Gasteiger partial charge < -0.3 is 9.73 Å². The molecule has 20 heavy (non-hydrogen) atoms. The first-order chi connectivity index (χ1) is 9.78. The van der Waals surface area contributed by atoms with E-state index in [1.165, 1.54) is 16.8 Å². The van der Waals surface area contributed by atoms with Crippen molar-refractivity contribution < 1.29 is 4.42 Å². The van der Waals surface area contributed by atoms with E-state index in [1.807, 2.05) is 0 Å². The predicted octanol–water partition coefficient (Wildman–Crippen LogP) is 2.57. The summed E-state index contributed by atoms with van der Waals surface area (Å²) in [7, 11) is 0. The number of rotatable bonds is 4. The zero-order valence-electron chi connectivity index (χ0n) is 12.0. The highest BCUT2D eigenvalue weighted by atomic mass is 16.4. The van der Waals surface area contributed by atoms with Crippen LogP contribution < -0.4 is 10.2 Å². The van der Waals surface area contributed by atoms with Gasteiger partial charge in [0.25, 0.3) is 0 Å². The van der Waals surface area contributed by atoms with Gasteiger partial charge >= 0.3 is 6.01 Å². The van der Waals surface area contributed by atoms with Crippen LogP contribution in [-0.4, -0.2) is 23.3 Å². The number of benzene rings is 1. The number of aromatic nitrogens is 2. The van der Waals surface area contributed by atoms with Crippen LogP contribution in [0.25, 0.3) is 0 Å². The van der Waals surface area contributed by atoms with Crippen molar-refractivity contribution in [3.63, 3.8) is 0 Å². The van der Waals surface area contributed by atoms with Crippen LogP contribution in [0.5, 0.6) is 0 Å². The Morgan fingerprint density at radius 3 is 3.10 bits per heavy atom. The molecule has 1 aliphatic heterocycles. The molecule has 106 valence electrons. The third-order valence-electron chi connectivity index (χ3n) is 3.57. The summed E-state index contributed by atoms with van der Waals surface area (Å²) in [6, 6.07) is 7.13. The predicted molar refractivity (Wildman–Crippen MR) is 78.2 cm³/mol. The Labute approximate surface area is 119 Å². The quantitative estimate of drug-likeness (QED) is 0.927. The van der Waals surface area contributed by atoms with Crippen molar-refractivity contribution >= 4 is 11.7 Å². The van der Waals surface area contributed by atoms with E-state index in [0.29, 0.717) is 18.5 Å². The van der Waals surface area contributed by atoms with Crippen molar-refractivity contribution in [3.8, 4) is 0 Å². The minimum Gasteiger partial charge on any atom is -0.406 e. The molecule has 0 bridgehead atoms. The van der Waals surface area contributed by atoms with Gasteiger partial charge in [-0.2, -0.15) is 0 Å². The normalized spacial score (nSPS) is 14.4. The number of nitrogens with zero attached hydrogens (tertiary/aromatic N) is 3. The maximum absolute atomic E-state index is 5.75. The summed E-state index contributed by atoms with van der Waals surface area (Å²) in [5.74, 6) is 0.640. The van der Waals surface area contributed by atoms with Crippen molar-refractivity contribution in [2.45, 2.75) is 33.2 Å². The Bertz CT molecular complexity index is 593. The second kappa shape index (κ2) is 5.63. The van der Waals surface area contributed by atoms with Gasteiger partial charge in [0.2, 0.25) is 5.89 Å². The van der Waals surface area contributed by atoms with Crippen LogP contribution >= 0.6 is 0 Å². The molecule has 3 rings (SSSR count). The van der Waals surface area contributed by atoms with Gasteiger partial charge in [0.15, 0.2) is 0 Å². The average Bonchev–Trinajstić information content (AvgIpc) is 2.92. The maximum atomic E-state index is 5.75. The molecule has 0 unspecified atom stereocenters. The number of anilines is 2. The molecule has 1 aromatic carbocycles. The fraction of sp³-hybridized carbons (Fsp3) is 0.467. The molecule has 0 radical (unpaired) electrons. The Hall–Kier alpha value is -1.88. The molecular formula is C15H20N4O. The van der Waals surface area contributed by atoms with Crippen LogP contribution in [0.4, 0.5) is 11.7 Å². The SMILES string of the molecule is CCNCc1nnc(N2CCCc3cc(C)ccc32)o1. The van der Waals surface area contributed by atoms with Crippen LogP contribution in [0.1, 0.15) is 30.4 Å². The Morgan fingerprint density at radius 1 is 1.35 bits per heavy atom. The molecule has 0 fully saturated rings. The molecule has 1 aromatic heterocycles. The van der Waals surface area contributed by atoms with E-state index in [2.05, 4.69) is 52.5 Å². The van der Waals surface area contributed by atoms with E-state index in [1.54, 1.807) is 0 Å². The molecule has 5 nitrogen and oxygen atoms in total. The van der Waals surface area contributed by atoms with Crippen molar-refractivity contribution in [1.82, 2.24) is 15.5 Å². The van der Waals surface area contributed by atoms with Gasteiger partial charge in [-0.25, -0.2) is 0 Å². The number of hydrogen-bond acceptors (Lipinski definition) is 5. The minimum absolute atomic E-state index is 0.600. The van der Waals surface area contributed by atoms with Crippen molar-refractivity contribution in [2.24, 2.45) is 0 Å². The van der Waals surface area contributed by atoms with Gasteiger partial charge in [-0.1, -0.05) is 29.7 Å². The summed E-state index contributed by atoms with van der Waals surface area (Å²) in [6.07, 6.45) is 2.23. The highest BCUT2D eigenvalue weighted by Crippen LogP contribution is 2.33. The molecule has 0 aliphatic carbocycles. The van der Waals surface area contributed by atoms with Crippen LogP contribution in [0, 0.1) is 6.92 Å². The van der Waals surface area contributed by atoms with Gasteiger partial charge in [-0.3, -0.25) is 4.90 Å². The first-order valence-electron chi connectivity index (χ1n) is 7.18. The van der Waals surface area contributed by atoms with Crippen LogP contribution in [0.15, 0.2) is 22.6 Å². The maximum Gasteiger partial charge on any atom is 0.322 e. The third-order valence-corrected chi connectivity index (χ3v) is 3.57. The monoisotopic (exact) mass is 272 g/mol. The average molecular weight is 272 g/mol. The number of nitrogens with one attached hydrogen (secondary N) is 1.